The first kappa shape index (κ1) is 16.4. The van der Waals surface area contributed by atoms with Gasteiger partial charge in [-0.3, -0.25) is 9.59 Å². The van der Waals surface area contributed by atoms with E-state index in [1.54, 1.807) is 0 Å². The predicted molar refractivity (Wildman–Crippen MR) is 88.1 cm³/mol. The SMILES string of the molecule is Nc1c(C2CCCN2S(=O)(=O)c2cc(Cl)ccc2Cl)c(=O)c1=O. The Bertz CT molecular complexity index is 964. The number of anilines is 1. The van der Waals surface area contributed by atoms with Crippen molar-refractivity contribution in [3.63, 3.8) is 0 Å². The summed E-state index contributed by atoms with van der Waals surface area (Å²) >= 11 is 11.9. The van der Waals surface area contributed by atoms with Crippen molar-refractivity contribution in [2.24, 2.45) is 0 Å². The molecule has 0 amide bonds. The highest BCUT2D eigenvalue weighted by Gasteiger charge is 2.41. The molecule has 2 aromatic rings. The zero-order chi connectivity index (χ0) is 16.9. The van der Waals surface area contributed by atoms with E-state index in [0.29, 0.717) is 12.8 Å². The number of nitrogen functional groups attached to an aromatic ring is 1. The summed E-state index contributed by atoms with van der Waals surface area (Å²) < 4.78 is 26.9. The number of halogens is 2. The number of rotatable bonds is 3. The molecule has 0 saturated carbocycles. The third-order valence-electron chi connectivity index (χ3n) is 4.00. The van der Waals surface area contributed by atoms with E-state index >= 15 is 0 Å². The zero-order valence-electron chi connectivity index (χ0n) is 11.8. The Morgan fingerprint density at radius 1 is 1.17 bits per heavy atom. The van der Waals surface area contributed by atoms with E-state index in [0.717, 1.165) is 4.31 Å². The fraction of sp³-hybridized carbons (Fsp3) is 0.286. The van der Waals surface area contributed by atoms with Crippen molar-refractivity contribution in [1.29, 1.82) is 0 Å². The molecule has 1 atom stereocenters. The number of sulfonamides is 1. The minimum Gasteiger partial charge on any atom is -0.395 e. The molecule has 0 radical (unpaired) electrons. The first-order valence-electron chi connectivity index (χ1n) is 6.80. The molecule has 1 fully saturated rings. The molecule has 0 spiro atoms. The largest absolute Gasteiger partial charge is 0.395 e. The van der Waals surface area contributed by atoms with Gasteiger partial charge in [-0.25, -0.2) is 8.42 Å². The molecular weight excluding hydrogens is 363 g/mol. The molecular formula is C14H12Cl2N2O4S. The van der Waals surface area contributed by atoms with Crippen LogP contribution in [0.2, 0.25) is 10.0 Å². The molecule has 1 aliphatic rings. The van der Waals surface area contributed by atoms with Gasteiger partial charge in [-0.15, -0.1) is 0 Å². The number of hydrogen-bond acceptors (Lipinski definition) is 5. The van der Waals surface area contributed by atoms with Gasteiger partial charge in [0.2, 0.25) is 20.9 Å². The smallest absolute Gasteiger partial charge is 0.249 e. The third kappa shape index (κ3) is 2.48. The Hall–Kier alpha value is -1.41. The minimum absolute atomic E-state index is 0.0398. The zero-order valence-corrected chi connectivity index (χ0v) is 14.1. The highest BCUT2D eigenvalue weighted by atomic mass is 35.5. The lowest BCUT2D eigenvalue weighted by molar-refractivity contribution is 0.394. The van der Waals surface area contributed by atoms with Crippen LogP contribution in [-0.4, -0.2) is 19.3 Å². The number of nitrogens with two attached hydrogens (primary N) is 1. The third-order valence-corrected chi connectivity index (χ3v) is 6.63. The van der Waals surface area contributed by atoms with Gasteiger partial charge >= 0.3 is 0 Å². The van der Waals surface area contributed by atoms with Gasteiger partial charge in [-0.05, 0) is 31.0 Å². The highest BCUT2D eigenvalue weighted by molar-refractivity contribution is 7.89. The quantitative estimate of drug-likeness (QED) is 0.824. The topological polar surface area (TPSA) is 97.5 Å². The Morgan fingerprint density at radius 2 is 1.87 bits per heavy atom. The first-order chi connectivity index (χ1) is 10.7. The molecule has 23 heavy (non-hydrogen) atoms. The monoisotopic (exact) mass is 374 g/mol. The van der Waals surface area contributed by atoms with Gasteiger partial charge in [-0.2, -0.15) is 4.31 Å². The van der Waals surface area contributed by atoms with Crippen molar-refractivity contribution in [1.82, 2.24) is 4.31 Å². The Morgan fingerprint density at radius 3 is 2.52 bits per heavy atom. The average molecular weight is 375 g/mol. The Kier molecular flexibility index (Phi) is 4.00. The summed E-state index contributed by atoms with van der Waals surface area (Å²) in [5.74, 6) is 0. The fourth-order valence-electron chi connectivity index (χ4n) is 2.88. The van der Waals surface area contributed by atoms with Crippen LogP contribution < -0.4 is 16.6 Å². The van der Waals surface area contributed by atoms with Crippen LogP contribution in [0.1, 0.15) is 24.4 Å². The van der Waals surface area contributed by atoms with Crippen LogP contribution in [0.3, 0.4) is 0 Å². The van der Waals surface area contributed by atoms with E-state index in [4.69, 9.17) is 28.9 Å². The minimum atomic E-state index is -3.96. The lowest BCUT2D eigenvalue weighted by Crippen LogP contribution is -2.43. The highest BCUT2D eigenvalue weighted by Crippen LogP contribution is 2.39. The van der Waals surface area contributed by atoms with Crippen LogP contribution in [0.25, 0.3) is 0 Å². The molecule has 0 bridgehead atoms. The second-order valence-corrected chi connectivity index (χ2v) is 8.04. The molecule has 1 heterocycles. The predicted octanol–water partition coefficient (Wildman–Crippen LogP) is 1.70. The molecule has 1 aliphatic heterocycles. The second kappa shape index (κ2) is 5.59. The van der Waals surface area contributed by atoms with Crippen LogP contribution in [0.5, 0.6) is 0 Å². The van der Waals surface area contributed by atoms with Gasteiger partial charge in [0.1, 0.15) is 4.90 Å². The molecule has 0 aliphatic carbocycles. The molecule has 3 rings (SSSR count). The van der Waals surface area contributed by atoms with Crippen molar-refractivity contribution >= 4 is 38.9 Å². The van der Waals surface area contributed by atoms with Crippen LogP contribution in [0.4, 0.5) is 5.69 Å². The summed E-state index contributed by atoms with van der Waals surface area (Å²) in [6, 6.07) is 3.41. The summed E-state index contributed by atoms with van der Waals surface area (Å²) in [6.07, 6.45) is 0.979. The maximum absolute atomic E-state index is 12.9. The van der Waals surface area contributed by atoms with Gasteiger partial charge in [-0.1, -0.05) is 23.2 Å². The normalized spacial score (nSPS) is 19.5. The summed E-state index contributed by atoms with van der Waals surface area (Å²) in [5, 5.41) is 0.273. The van der Waals surface area contributed by atoms with Gasteiger partial charge < -0.3 is 5.73 Å². The molecule has 9 heteroatoms. The van der Waals surface area contributed by atoms with Crippen LogP contribution >= 0.6 is 23.2 Å². The van der Waals surface area contributed by atoms with Crippen molar-refractivity contribution in [2.75, 3.05) is 12.3 Å². The summed E-state index contributed by atoms with van der Waals surface area (Å²) in [7, 11) is -3.96. The fourth-order valence-corrected chi connectivity index (χ4v) is 5.28. The van der Waals surface area contributed by atoms with Gasteiger partial charge in [0.15, 0.2) is 0 Å². The van der Waals surface area contributed by atoms with Gasteiger partial charge in [0, 0.05) is 17.1 Å². The van der Waals surface area contributed by atoms with E-state index in [1.807, 2.05) is 0 Å². The average Bonchev–Trinajstić information content (AvgIpc) is 2.99. The lowest BCUT2D eigenvalue weighted by atomic mass is 9.98. The van der Waals surface area contributed by atoms with Crippen LogP contribution in [0, 0.1) is 0 Å². The molecule has 0 aromatic heterocycles. The van der Waals surface area contributed by atoms with Gasteiger partial charge in [0.25, 0.3) is 0 Å². The molecule has 6 nitrogen and oxygen atoms in total. The molecule has 2 aromatic carbocycles. The summed E-state index contributed by atoms with van der Waals surface area (Å²) in [4.78, 5) is 22.9. The molecule has 1 saturated heterocycles. The number of nitrogens with zero attached hydrogens (tertiary/aromatic N) is 1. The van der Waals surface area contributed by atoms with E-state index in [-0.39, 0.29) is 32.7 Å². The van der Waals surface area contributed by atoms with Crippen molar-refractivity contribution in [2.45, 2.75) is 23.8 Å². The number of hydrogen-bond donors (Lipinski definition) is 1. The lowest BCUT2D eigenvalue weighted by Gasteiger charge is -2.26. The molecule has 2 N–H and O–H groups in total. The Labute approximate surface area is 142 Å². The molecule has 122 valence electrons. The van der Waals surface area contributed by atoms with E-state index in [1.165, 1.54) is 18.2 Å². The molecule has 1 unspecified atom stereocenters. The first-order valence-corrected chi connectivity index (χ1v) is 9.00. The summed E-state index contributed by atoms with van der Waals surface area (Å²) in [5.41, 5.74) is 4.02. The van der Waals surface area contributed by atoms with E-state index in [9.17, 15) is 18.0 Å². The van der Waals surface area contributed by atoms with Crippen molar-refractivity contribution < 1.29 is 8.42 Å². The van der Waals surface area contributed by atoms with Crippen LogP contribution in [0.15, 0.2) is 32.7 Å². The number of benzene rings is 1. The Balaban J connectivity index is 2.08. The standard InChI is InChI=1S/C14H12Cl2N2O4S/c15-7-3-4-8(16)10(6-7)23(21,22)18-5-1-2-9(18)11-12(17)14(20)13(11)19/h3-4,6,9H,1-2,5,17H2. The van der Waals surface area contributed by atoms with E-state index < -0.39 is 26.9 Å². The van der Waals surface area contributed by atoms with Crippen LogP contribution in [-0.2, 0) is 10.0 Å². The van der Waals surface area contributed by atoms with E-state index in [2.05, 4.69) is 0 Å². The maximum atomic E-state index is 12.9. The van der Waals surface area contributed by atoms with Crippen molar-refractivity contribution in [3.8, 4) is 0 Å². The van der Waals surface area contributed by atoms with Crippen molar-refractivity contribution in [3.05, 3.63) is 54.3 Å². The summed E-state index contributed by atoms with van der Waals surface area (Å²) in [6.45, 7) is 0.216. The van der Waals surface area contributed by atoms with Gasteiger partial charge in [0.05, 0.1) is 16.8 Å². The second-order valence-electron chi connectivity index (χ2n) is 5.33. The maximum Gasteiger partial charge on any atom is 0.249 e.